The molecule has 8 heteroatoms. The Balaban J connectivity index is 1.80. The van der Waals surface area contributed by atoms with Crippen molar-refractivity contribution >= 4 is 10.9 Å². The number of aromatic nitrogens is 5. The van der Waals surface area contributed by atoms with Crippen LogP contribution < -0.4 is 5.56 Å². The Kier molecular flexibility index (Phi) is 6.70. The molecule has 0 saturated heterocycles. The Bertz CT molecular complexity index is 1300. The number of fused-ring (bicyclic) bond motifs is 1. The summed E-state index contributed by atoms with van der Waals surface area (Å²) in [6.45, 7) is 13.7. The molecule has 0 saturated carbocycles. The van der Waals surface area contributed by atoms with Crippen molar-refractivity contribution in [1.82, 2.24) is 30.1 Å². The van der Waals surface area contributed by atoms with Gasteiger partial charge in [-0.1, -0.05) is 32.4 Å². The highest BCUT2D eigenvalue weighted by Gasteiger charge is 2.34. The van der Waals surface area contributed by atoms with Crippen LogP contribution in [0.25, 0.3) is 10.9 Å². The van der Waals surface area contributed by atoms with Gasteiger partial charge in [0.25, 0.3) is 5.56 Å². The van der Waals surface area contributed by atoms with E-state index in [1.54, 1.807) is 6.26 Å². The Hall–Kier alpha value is -3.26. The predicted octanol–water partition coefficient (Wildman–Crippen LogP) is 4.96. The number of nitrogens with one attached hydrogen (secondary N) is 1. The summed E-state index contributed by atoms with van der Waals surface area (Å²) in [5.41, 5.74) is 2.37. The first kappa shape index (κ1) is 23.9. The van der Waals surface area contributed by atoms with Crippen LogP contribution in [0.4, 0.5) is 0 Å². The molecule has 8 nitrogen and oxygen atoms in total. The molecule has 4 rings (SSSR count). The molecule has 1 atom stereocenters. The molecule has 1 N–H and O–H groups in total. The molecule has 0 bridgehead atoms. The van der Waals surface area contributed by atoms with Crippen LogP contribution in [0.2, 0.25) is 0 Å². The highest BCUT2D eigenvalue weighted by Crippen LogP contribution is 2.33. The fourth-order valence-corrected chi connectivity index (χ4v) is 4.41. The molecule has 34 heavy (non-hydrogen) atoms. The summed E-state index contributed by atoms with van der Waals surface area (Å²) in [4.78, 5) is 18.3. The van der Waals surface area contributed by atoms with E-state index in [9.17, 15) is 4.79 Å². The van der Waals surface area contributed by atoms with Crippen LogP contribution in [0.1, 0.15) is 69.8 Å². The summed E-state index contributed by atoms with van der Waals surface area (Å²) in [6.07, 6.45) is 2.56. The van der Waals surface area contributed by atoms with E-state index in [1.165, 1.54) is 0 Å². The first-order valence-electron chi connectivity index (χ1n) is 11.9. The van der Waals surface area contributed by atoms with Crippen molar-refractivity contribution in [3.63, 3.8) is 0 Å². The zero-order valence-electron chi connectivity index (χ0n) is 20.9. The van der Waals surface area contributed by atoms with E-state index in [0.29, 0.717) is 18.7 Å². The maximum absolute atomic E-state index is 13.1. The summed E-state index contributed by atoms with van der Waals surface area (Å²) in [6, 6.07) is 11.8. The Morgan fingerprint density at radius 1 is 1.18 bits per heavy atom. The van der Waals surface area contributed by atoms with Gasteiger partial charge in [0, 0.05) is 17.6 Å². The van der Waals surface area contributed by atoms with Gasteiger partial charge in [-0.2, -0.15) is 0 Å². The summed E-state index contributed by atoms with van der Waals surface area (Å²) < 4.78 is 7.63. The van der Waals surface area contributed by atoms with Crippen molar-refractivity contribution in [3.05, 3.63) is 75.7 Å². The third kappa shape index (κ3) is 4.82. The first-order chi connectivity index (χ1) is 16.2. The van der Waals surface area contributed by atoms with Crippen molar-refractivity contribution in [2.24, 2.45) is 5.92 Å². The number of aromatic amines is 1. The van der Waals surface area contributed by atoms with Gasteiger partial charge in [0.2, 0.25) is 0 Å². The lowest BCUT2D eigenvalue weighted by Crippen LogP contribution is -2.38. The van der Waals surface area contributed by atoms with Crippen LogP contribution in [-0.4, -0.2) is 30.1 Å². The highest BCUT2D eigenvalue weighted by atomic mass is 16.3. The molecule has 3 heterocycles. The summed E-state index contributed by atoms with van der Waals surface area (Å²) >= 11 is 0. The van der Waals surface area contributed by atoms with E-state index in [2.05, 4.69) is 73.0 Å². The summed E-state index contributed by atoms with van der Waals surface area (Å²) in [5, 5.41) is 13.9. The van der Waals surface area contributed by atoms with Crippen LogP contribution in [0.5, 0.6) is 0 Å². The third-order valence-electron chi connectivity index (χ3n) is 6.61. The highest BCUT2D eigenvalue weighted by molar-refractivity contribution is 5.79. The number of benzene rings is 1. The van der Waals surface area contributed by atoms with Crippen molar-refractivity contribution in [2.45, 2.75) is 72.6 Å². The van der Waals surface area contributed by atoms with E-state index < -0.39 is 0 Å². The van der Waals surface area contributed by atoms with Gasteiger partial charge < -0.3 is 9.40 Å². The second-order valence-electron chi connectivity index (χ2n) is 10.0. The molecule has 0 aliphatic carbocycles. The minimum Gasteiger partial charge on any atom is -0.468 e. The molecule has 0 aliphatic rings. The molecule has 4 aromatic rings. The zero-order chi connectivity index (χ0) is 24.5. The number of furan rings is 1. The van der Waals surface area contributed by atoms with Crippen LogP contribution in [0.15, 0.2) is 51.9 Å². The SMILES string of the molecule is CCC(C)(C)n1nnnc1[C@@H](C(C)C)N(Cc1ccco1)Cc1cc2cc(C)ccc2[nH]c1=O. The van der Waals surface area contributed by atoms with Gasteiger partial charge in [-0.15, -0.1) is 5.10 Å². The molecule has 0 radical (unpaired) electrons. The number of tetrazole rings is 1. The normalized spacial score (nSPS) is 13.3. The van der Waals surface area contributed by atoms with Crippen molar-refractivity contribution in [1.29, 1.82) is 0 Å². The van der Waals surface area contributed by atoms with E-state index in [0.717, 1.165) is 34.5 Å². The number of hydrogen-bond donors (Lipinski definition) is 1. The van der Waals surface area contributed by atoms with Gasteiger partial charge in [-0.05, 0) is 79.3 Å². The average Bonchev–Trinajstić information content (AvgIpc) is 3.47. The maximum atomic E-state index is 13.1. The lowest BCUT2D eigenvalue weighted by atomic mass is 9.97. The summed E-state index contributed by atoms with van der Waals surface area (Å²) in [7, 11) is 0. The number of aryl methyl sites for hydroxylation is 1. The maximum Gasteiger partial charge on any atom is 0.252 e. The summed E-state index contributed by atoms with van der Waals surface area (Å²) in [5.74, 6) is 1.81. The number of hydrogen-bond acceptors (Lipinski definition) is 6. The minimum absolute atomic E-state index is 0.0863. The quantitative estimate of drug-likeness (QED) is 0.378. The largest absolute Gasteiger partial charge is 0.468 e. The lowest BCUT2D eigenvalue weighted by molar-refractivity contribution is 0.109. The Morgan fingerprint density at radius 2 is 1.97 bits per heavy atom. The van der Waals surface area contributed by atoms with Gasteiger partial charge in [0.05, 0.1) is 24.4 Å². The number of pyridine rings is 1. The molecule has 0 amide bonds. The first-order valence-corrected chi connectivity index (χ1v) is 11.9. The van der Waals surface area contributed by atoms with E-state index in [-0.39, 0.29) is 23.1 Å². The van der Waals surface area contributed by atoms with Crippen LogP contribution in [0, 0.1) is 12.8 Å². The van der Waals surface area contributed by atoms with Gasteiger partial charge in [-0.25, -0.2) is 4.68 Å². The predicted molar refractivity (Wildman–Crippen MR) is 132 cm³/mol. The zero-order valence-corrected chi connectivity index (χ0v) is 20.9. The molecule has 1 aromatic carbocycles. The van der Waals surface area contributed by atoms with Gasteiger partial charge in [0.15, 0.2) is 5.82 Å². The fraction of sp³-hybridized carbons (Fsp3) is 0.462. The standard InChI is InChI=1S/C26H34N6O2/c1-7-26(5,6)32-24(28-29-30-32)23(17(2)3)31(16-21-9-8-12-34-21)15-20-14-19-13-18(4)10-11-22(19)27-25(20)33/h8-14,17,23H,7,15-16H2,1-6H3,(H,27,33)/t23-/m1/s1. The van der Waals surface area contributed by atoms with E-state index in [1.807, 2.05) is 35.0 Å². The molecule has 0 spiro atoms. The second kappa shape index (κ2) is 9.54. The Morgan fingerprint density at radius 3 is 2.65 bits per heavy atom. The van der Waals surface area contributed by atoms with Crippen molar-refractivity contribution in [3.8, 4) is 0 Å². The fourth-order valence-electron chi connectivity index (χ4n) is 4.41. The van der Waals surface area contributed by atoms with Gasteiger partial charge in [0.1, 0.15) is 5.76 Å². The minimum atomic E-state index is -0.236. The Labute approximate surface area is 200 Å². The van der Waals surface area contributed by atoms with Crippen LogP contribution in [-0.2, 0) is 18.6 Å². The number of nitrogens with zero attached hydrogens (tertiary/aromatic N) is 5. The lowest BCUT2D eigenvalue weighted by Gasteiger charge is -2.35. The topological polar surface area (TPSA) is 92.8 Å². The van der Waals surface area contributed by atoms with Crippen LogP contribution in [0.3, 0.4) is 0 Å². The monoisotopic (exact) mass is 462 g/mol. The van der Waals surface area contributed by atoms with Crippen LogP contribution >= 0.6 is 0 Å². The third-order valence-corrected chi connectivity index (χ3v) is 6.61. The molecule has 180 valence electrons. The van der Waals surface area contributed by atoms with Gasteiger partial charge in [-0.3, -0.25) is 9.69 Å². The van der Waals surface area contributed by atoms with Crippen molar-refractivity contribution < 1.29 is 4.42 Å². The molecule has 0 aliphatic heterocycles. The number of rotatable bonds is 9. The number of H-pyrrole nitrogens is 1. The molecular weight excluding hydrogens is 428 g/mol. The van der Waals surface area contributed by atoms with Gasteiger partial charge >= 0.3 is 0 Å². The molecule has 0 unspecified atom stereocenters. The van der Waals surface area contributed by atoms with E-state index in [4.69, 9.17) is 4.42 Å². The molecule has 3 aromatic heterocycles. The molecule has 0 fully saturated rings. The van der Waals surface area contributed by atoms with Crippen molar-refractivity contribution in [2.75, 3.05) is 0 Å². The second-order valence-corrected chi connectivity index (χ2v) is 10.0. The smallest absolute Gasteiger partial charge is 0.252 e. The van der Waals surface area contributed by atoms with E-state index >= 15 is 0 Å². The average molecular weight is 463 g/mol. The molecular formula is C26H34N6O2.